The molecule has 2 aromatic carbocycles. The van der Waals surface area contributed by atoms with Crippen LogP contribution in [0.5, 0.6) is 0 Å². The van der Waals surface area contributed by atoms with Gasteiger partial charge in [-0.1, -0.05) is 93.4 Å². The molecule has 1 fully saturated rings. The first-order valence-electron chi connectivity index (χ1n) is 12.7. The number of allylic oxidation sites excluding steroid dienone is 1. The van der Waals surface area contributed by atoms with Gasteiger partial charge in [0.1, 0.15) is 0 Å². The summed E-state index contributed by atoms with van der Waals surface area (Å²) in [6.45, 7) is 6.66. The molecule has 176 valence electrons. The van der Waals surface area contributed by atoms with Crippen LogP contribution in [0.2, 0.25) is 0 Å². The van der Waals surface area contributed by atoms with Crippen molar-refractivity contribution < 1.29 is 0 Å². The predicted octanol–water partition coefficient (Wildman–Crippen LogP) is 8.80. The molecule has 1 aliphatic carbocycles. The molecule has 1 saturated carbocycles. The maximum absolute atomic E-state index is 4.85. The van der Waals surface area contributed by atoms with E-state index in [9.17, 15) is 0 Å². The van der Waals surface area contributed by atoms with Gasteiger partial charge in [0.2, 0.25) is 0 Å². The third-order valence-electron chi connectivity index (χ3n) is 6.78. The lowest BCUT2D eigenvalue weighted by Gasteiger charge is -2.36. The van der Waals surface area contributed by atoms with Crippen LogP contribution in [0.3, 0.4) is 0 Å². The maximum atomic E-state index is 4.85. The van der Waals surface area contributed by atoms with Crippen molar-refractivity contribution in [3.05, 3.63) is 72.4 Å². The van der Waals surface area contributed by atoms with E-state index < -0.39 is 0 Å². The Labute approximate surface area is 208 Å². The zero-order valence-electron chi connectivity index (χ0n) is 20.0. The van der Waals surface area contributed by atoms with Crippen LogP contribution < -0.4 is 5.32 Å². The molecule has 0 amide bonds. The van der Waals surface area contributed by atoms with E-state index in [4.69, 9.17) is 4.98 Å². The topological polar surface area (TPSA) is 24.9 Å². The molecular weight excluding hydrogens is 440 g/mol. The number of nitrogens with zero attached hydrogens (tertiary/aromatic N) is 1. The first-order chi connectivity index (χ1) is 16.2. The Morgan fingerprint density at radius 1 is 1.00 bits per heavy atom. The average molecular weight is 479 g/mol. The summed E-state index contributed by atoms with van der Waals surface area (Å²) in [5.74, 6) is 2.46. The van der Waals surface area contributed by atoms with Crippen LogP contribution in [-0.2, 0) is 0 Å². The number of thioether (sulfide) groups is 1. The number of fused-ring (bicyclic) bond motifs is 1. The molecule has 0 saturated heterocycles. The minimum atomic E-state index is 0.521. The summed E-state index contributed by atoms with van der Waals surface area (Å²) in [6.07, 6.45) is 11.4. The minimum Gasteiger partial charge on any atom is -0.386 e. The Bertz CT molecular complexity index is 964. The van der Waals surface area contributed by atoms with Crippen molar-refractivity contribution in [1.82, 2.24) is 10.3 Å². The maximum Gasteiger partial charge on any atom is 0.151 e. The molecule has 1 aromatic heterocycles. The molecule has 4 rings (SSSR count). The average Bonchev–Trinajstić information content (AvgIpc) is 3.26. The molecule has 3 aromatic rings. The second-order valence-electron chi connectivity index (χ2n) is 9.55. The first kappa shape index (κ1) is 24.3. The van der Waals surface area contributed by atoms with Crippen LogP contribution in [0.15, 0.2) is 71.2 Å². The highest BCUT2D eigenvalue weighted by Gasteiger charge is 2.30. The summed E-state index contributed by atoms with van der Waals surface area (Å²) >= 11 is 3.78. The zero-order valence-corrected chi connectivity index (χ0v) is 21.6. The van der Waals surface area contributed by atoms with Crippen LogP contribution in [0.4, 0.5) is 0 Å². The van der Waals surface area contributed by atoms with Gasteiger partial charge in [-0.3, -0.25) is 0 Å². The number of aromatic nitrogens is 1. The fraction of sp³-hybridized carbons (Fsp3) is 0.483. The highest BCUT2D eigenvalue weighted by Crippen LogP contribution is 2.40. The summed E-state index contributed by atoms with van der Waals surface area (Å²) in [5.41, 5.74) is 3.86. The van der Waals surface area contributed by atoms with Gasteiger partial charge in [-0.15, -0.1) is 11.3 Å². The lowest BCUT2D eigenvalue weighted by Crippen LogP contribution is -2.37. The van der Waals surface area contributed by atoms with Crippen molar-refractivity contribution >= 4 is 33.3 Å². The number of unbranched alkanes of at least 4 members (excludes halogenated alkanes) is 4. The van der Waals surface area contributed by atoms with Gasteiger partial charge in [0.05, 0.1) is 10.2 Å². The monoisotopic (exact) mass is 478 g/mol. The van der Waals surface area contributed by atoms with E-state index in [1.807, 2.05) is 23.1 Å². The van der Waals surface area contributed by atoms with Crippen molar-refractivity contribution in [2.45, 2.75) is 81.0 Å². The molecule has 0 spiro atoms. The van der Waals surface area contributed by atoms with Gasteiger partial charge in [-0.05, 0) is 61.6 Å². The van der Waals surface area contributed by atoms with Gasteiger partial charge in [0.25, 0.3) is 0 Å². The van der Waals surface area contributed by atoms with Crippen LogP contribution >= 0.6 is 23.1 Å². The van der Waals surface area contributed by atoms with Crippen LogP contribution in [0.1, 0.15) is 76.2 Å². The highest BCUT2D eigenvalue weighted by molar-refractivity contribution is 8.01. The summed E-state index contributed by atoms with van der Waals surface area (Å²) in [6, 6.07) is 20.1. The fourth-order valence-electron chi connectivity index (χ4n) is 5.09. The normalized spacial score (nSPS) is 20.7. The molecule has 1 N–H and O–H groups in total. The fourth-order valence-corrected chi connectivity index (χ4v) is 7.31. The minimum absolute atomic E-state index is 0.521. The highest BCUT2D eigenvalue weighted by atomic mass is 32.2. The number of benzene rings is 2. The number of para-hydroxylation sites is 1. The standard InChI is InChI=1S/C29H38N2S2/c1-3-4-5-6-8-13-22(2)30-26-19-23(18-25(20-26)24-14-9-7-10-15-24)21-32-29-31-27-16-11-12-17-28(27)33-29/h7,9-12,14-17,23,25-26,30H,2-6,8,13,18-21H2,1H3. The summed E-state index contributed by atoms with van der Waals surface area (Å²) in [4.78, 5) is 4.85. The summed E-state index contributed by atoms with van der Waals surface area (Å²) in [7, 11) is 0. The predicted molar refractivity (Wildman–Crippen MR) is 146 cm³/mol. The molecule has 4 heteroatoms. The Hall–Kier alpha value is -1.78. The SMILES string of the molecule is C=C(CCCCCCC)NC1CC(CSc2nc3ccccc3s2)CC(c2ccccc2)C1. The molecule has 3 atom stereocenters. The number of thiazole rings is 1. The number of hydrogen-bond donors (Lipinski definition) is 1. The molecule has 0 bridgehead atoms. The van der Waals surface area contributed by atoms with E-state index in [-0.39, 0.29) is 0 Å². The Morgan fingerprint density at radius 3 is 2.61 bits per heavy atom. The third kappa shape index (κ3) is 7.35. The molecular formula is C29H38N2S2. The lowest BCUT2D eigenvalue weighted by molar-refractivity contribution is 0.285. The van der Waals surface area contributed by atoms with Crippen molar-refractivity contribution in [2.75, 3.05) is 5.75 Å². The van der Waals surface area contributed by atoms with E-state index in [1.165, 1.54) is 71.7 Å². The molecule has 0 radical (unpaired) electrons. The van der Waals surface area contributed by atoms with Crippen LogP contribution in [0, 0.1) is 5.92 Å². The molecule has 33 heavy (non-hydrogen) atoms. The largest absolute Gasteiger partial charge is 0.386 e. The molecule has 3 unspecified atom stereocenters. The van der Waals surface area contributed by atoms with E-state index in [0.29, 0.717) is 17.9 Å². The van der Waals surface area contributed by atoms with Crippen LogP contribution in [-0.4, -0.2) is 16.8 Å². The van der Waals surface area contributed by atoms with E-state index in [0.717, 1.165) is 17.7 Å². The van der Waals surface area contributed by atoms with Gasteiger partial charge in [-0.25, -0.2) is 4.98 Å². The number of nitrogens with one attached hydrogen (secondary N) is 1. The molecule has 2 nitrogen and oxygen atoms in total. The van der Waals surface area contributed by atoms with E-state index in [1.54, 1.807) is 0 Å². The third-order valence-corrected chi connectivity index (χ3v) is 9.19. The first-order valence-corrected chi connectivity index (χ1v) is 14.5. The molecule has 1 aliphatic rings. The second-order valence-corrected chi connectivity index (χ2v) is 11.8. The Morgan fingerprint density at radius 2 is 1.79 bits per heavy atom. The van der Waals surface area contributed by atoms with Gasteiger partial charge in [-0.2, -0.15) is 0 Å². The van der Waals surface area contributed by atoms with Gasteiger partial charge < -0.3 is 5.32 Å². The zero-order chi connectivity index (χ0) is 22.9. The molecule has 1 heterocycles. The van der Waals surface area contributed by atoms with Crippen molar-refractivity contribution in [3.63, 3.8) is 0 Å². The van der Waals surface area contributed by atoms with Gasteiger partial charge in [0, 0.05) is 17.5 Å². The summed E-state index contributed by atoms with van der Waals surface area (Å²) in [5, 5.41) is 3.84. The lowest BCUT2D eigenvalue weighted by atomic mass is 9.76. The Kier molecular flexibility index (Phi) is 9.31. The Balaban J connectivity index is 1.35. The van der Waals surface area contributed by atoms with E-state index in [2.05, 4.69) is 73.4 Å². The van der Waals surface area contributed by atoms with Crippen LogP contribution in [0.25, 0.3) is 10.2 Å². The van der Waals surface area contributed by atoms with Crippen molar-refractivity contribution in [3.8, 4) is 0 Å². The van der Waals surface area contributed by atoms with Gasteiger partial charge >= 0.3 is 0 Å². The number of hydrogen-bond acceptors (Lipinski definition) is 4. The number of rotatable bonds is 12. The van der Waals surface area contributed by atoms with Gasteiger partial charge in [0.15, 0.2) is 4.34 Å². The summed E-state index contributed by atoms with van der Waals surface area (Å²) < 4.78 is 2.50. The van der Waals surface area contributed by atoms with E-state index >= 15 is 0 Å². The second kappa shape index (κ2) is 12.6. The quantitative estimate of drug-likeness (QED) is 0.208. The smallest absolute Gasteiger partial charge is 0.151 e. The van der Waals surface area contributed by atoms with Crippen molar-refractivity contribution in [1.29, 1.82) is 0 Å². The van der Waals surface area contributed by atoms with Crippen molar-refractivity contribution in [2.24, 2.45) is 5.92 Å². The molecule has 0 aliphatic heterocycles.